The summed E-state index contributed by atoms with van der Waals surface area (Å²) in [5.74, 6) is 0.0760. The SMILES string of the molecule is CC1(C)SCN(Cc2ccccc2[N+](=O)[O-])C1C(=O)C=O. The van der Waals surface area contributed by atoms with Crippen LogP contribution in [0.5, 0.6) is 0 Å². The first-order valence-corrected chi connectivity index (χ1v) is 7.44. The van der Waals surface area contributed by atoms with E-state index in [4.69, 9.17) is 0 Å². The summed E-state index contributed by atoms with van der Waals surface area (Å²) in [5, 5.41) is 11.1. The Labute approximate surface area is 126 Å². The van der Waals surface area contributed by atoms with Gasteiger partial charge in [-0.15, -0.1) is 11.8 Å². The second-order valence-electron chi connectivity index (χ2n) is 5.43. The van der Waals surface area contributed by atoms with Gasteiger partial charge in [0.05, 0.1) is 11.0 Å². The summed E-state index contributed by atoms with van der Waals surface area (Å²) in [6, 6.07) is 5.90. The van der Waals surface area contributed by atoms with Crippen molar-refractivity contribution in [3.05, 3.63) is 39.9 Å². The Kier molecular flexibility index (Phi) is 4.43. The predicted molar refractivity (Wildman–Crippen MR) is 80.0 cm³/mol. The number of nitro groups is 1. The fourth-order valence-electron chi connectivity index (χ4n) is 2.61. The van der Waals surface area contributed by atoms with Gasteiger partial charge in [-0.25, -0.2) is 0 Å². The molecule has 1 heterocycles. The molecule has 1 aliphatic rings. The molecule has 1 aromatic rings. The van der Waals surface area contributed by atoms with Crippen molar-refractivity contribution in [1.29, 1.82) is 0 Å². The minimum absolute atomic E-state index is 0.0320. The van der Waals surface area contributed by atoms with Crippen LogP contribution >= 0.6 is 11.8 Å². The van der Waals surface area contributed by atoms with Crippen LogP contribution in [0.15, 0.2) is 24.3 Å². The lowest BCUT2D eigenvalue weighted by atomic mass is 9.97. The lowest BCUT2D eigenvalue weighted by molar-refractivity contribution is -0.385. The largest absolute Gasteiger partial charge is 0.295 e. The lowest BCUT2D eigenvalue weighted by Gasteiger charge is -2.28. The second-order valence-corrected chi connectivity index (χ2v) is 7.03. The molecule has 0 aromatic heterocycles. The van der Waals surface area contributed by atoms with Crippen LogP contribution in [0, 0.1) is 10.1 Å². The molecule has 1 aliphatic heterocycles. The maximum atomic E-state index is 11.9. The van der Waals surface area contributed by atoms with E-state index in [2.05, 4.69) is 0 Å². The Morgan fingerprint density at radius 2 is 2.19 bits per heavy atom. The lowest BCUT2D eigenvalue weighted by Crippen LogP contribution is -2.46. The van der Waals surface area contributed by atoms with Gasteiger partial charge in [0, 0.05) is 28.8 Å². The molecule has 0 radical (unpaired) electrons. The monoisotopic (exact) mass is 308 g/mol. The number of aldehydes is 1. The van der Waals surface area contributed by atoms with Crippen molar-refractivity contribution in [1.82, 2.24) is 4.90 Å². The van der Waals surface area contributed by atoms with Gasteiger partial charge >= 0.3 is 0 Å². The first-order valence-electron chi connectivity index (χ1n) is 6.46. The molecule has 0 saturated carbocycles. The summed E-state index contributed by atoms with van der Waals surface area (Å²) in [6.45, 7) is 4.09. The first kappa shape index (κ1) is 15.7. The van der Waals surface area contributed by atoms with Crippen molar-refractivity contribution in [2.75, 3.05) is 5.88 Å². The molecule has 1 fully saturated rings. The van der Waals surface area contributed by atoms with E-state index in [-0.39, 0.29) is 17.0 Å². The van der Waals surface area contributed by atoms with Crippen LogP contribution in [-0.2, 0) is 16.1 Å². The van der Waals surface area contributed by atoms with Gasteiger partial charge in [-0.1, -0.05) is 18.2 Å². The zero-order chi connectivity index (χ0) is 15.6. The molecule has 2 rings (SSSR count). The standard InChI is InChI=1S/C14H16N2O4S/c1-14(2)13(12(18)8-17)15(9-21-14)7-10-5-3-4-6-11(10)16(19)20/h3-6,8,13H,7,9H2,1-2H3. The molecule has 112 valence electrons. The summed E-state index contributed by atoms with van der Waals surface area (Å²) in [7, 11) is 0. The number of nitrogens with zero attached hydrogens (tertiary/aromatic N) is 2. The molecule has 1 aromatic carbocycles. The zero-order valence-corrected chi connectivity index (χ0v) is 12.6. The number of rotatable bonds is 5. The molecule has 0 bridgehead atoms. The average Bonchev–Trinajstić information content (AvgIpc) is 2.73. The Balaban J connectivity index is 2.29. The van der Waals surface area contributed by atoms with E-state index >= 15 is 0 Å². The summed E-state index contributed by atoms with van der Waals surface area (Å²) >= 11 is 1.57. The topological polar surface area (TPSA) is 80.5 Å². The average molecular weight is 308 g/mol. The number of thioether (sulfide) groups is 1. The summed E-state index contributed by atoms with van der Waals surface area (Å²) in [5.41, 5.74) is 0.578. The number of nitro benzene ring substituents is 1. The van der Waals surface area contributed by atoms with Gasteiger partial charge in [-0.2, -0.15) is 0 Å². The molecule has 0 amide bonds. The van der Waals surface area contributed by atoms with Crippen molar-refractivity contribution in [3.63, 3.8) is 0 Å². The van der Waals surface area contributed by atoms with Crippen molar-refractivity contribution in [2.24, 2.45) is 0 Å². The maximum Gasteiger partial charge on any atom is 0.273 e. The van der Waals surface area contributed by atoms with Gasteiger partial charge in [0.25, 0.3) is 5.69 Å². The van der Waals surface area contributed by atoms with Crippen LogP contribution in [0.1, 0.15) is 19.4 Å². The minimum atomic E-state index is -0.556. The molecular formula is C14H16N2O4S. The Bertz CT molecular complexity index is 588. The molecular weight excluding hydrogens is 292 g/mol. The summed E-state index contributed by atoms with van der Waals surface area (Å²) in [6.07, 6.45) is 0.338. The molecule has 0 N–H and O–H groups in total. The van der Waals surface area contributed by atoms with Gasteiger partial charge in [0.2, 0.25) is 5.78 Å². The fraction of sp³-hybridized carbons (Fsp3) is 0.429. The Morgan fingerprint density at radius 3 is 2.81 bits per heavy atom. The molecule has 1 saturated heterocycles. The van der Waals surface area contributed by atoms with Crippen LogP contribution in [-0.4, -0.2) is 38.6 Å². The van der Waals surface area contributed by atoms with Crippen LogP contribution in [0.25, 0.3) is 0 Å². The van der Waals surface area contributed by atoms with Crippen LogP contribution in [0.3, 0.4) is 0 Å². The van der Waals surface area contributed by atoms with Crippen LogP contribution < -0.4 is 0 Å². The number of Topliss-reactive ketones (excluding diaryl/α,β-unsaturated/α-hetero) is 1. The number of hydrogen-bond donors (Lipinski definition) is 0. The highest BCUT2D eigenvalue weighted by Crippen LogP contribution is 2.40. The van der Waals surface area contributed by atoms with Gasteiger partial charge in [-0.05, 0) is 13.8 Å². The van der Waals surface area contributed by atoms with E-state index in [0.717, 1.165) is 0 Å². The molecule has 7 heteroatoms. The third-order valence-electron chi connectivity index (χ3n) is 3.57. The summed E-state index contributed by atoms with van der Waals surface area (Å²) in [4.78, 5) is 35.2. The quantitative estimate of drug-likeness (QED) is 0.358. The zero-order valence-electron chi connectivity index (χ0n) is 11.8. The molecule has 21 heavy (non-hydrogen) atoms. The molecule has 1 atom stereocenters. The minimum Gasteiger partial charge on any atom is -0.295 e. The number of carbonyl (C=O) groups is 2. The van der Waals surface area contributed by atoms with E-state index in [1.807, 2.05) is 18.7 Å². The van der Waals surface area contributed by atoms with Crippen LogP contribution in [0.2, 0.25) is 0 Å². The first-order chi connectivity index (χ1) is 9.86. The smallest absolute Gasteiger partial charge is 0.273 e. The highest BCUT2D eigenvalue weighted by Gasteiger charge is 2.45. The normalized spacial score (nSPS) is 21.1. The number of carbonyl (C=O) groups excluding carboxylic acids is 2. The number of benzene rings is 1. The van der Waals surface area contributed by atoms with Crippen molar-refractivity contribution in [2.45, 2.75) is 31.2 Å². The molecule has 0 spiro atoms. The Morgan fingerprint density at radius 1 is 1.52 bits per heavy atom. The fourth-order valence-corrected chi connectivity index (χ4v) is 3.77. The molecule has 0 aliphatic carbocycles. The summed E-state index contributed by atoms with van der Waals surface area (Å²) < 4.78 is -0.387. The highest BCUT2D eigenvalue weighted by molar-refractivity contribution is 8.00. The highest BCUT2D eigenvalue weighted by atomic mass is 32.2. The maximum absolute atomic E-state index is 11.9. The van der Waals surface area contributed by atoms with Crippen molar-refractivity contribution >= 4 is 29.5 Å². The van der Waals surface area contributed by atoms with Crippen molar-refractivity contribution in [3.8, 4) is 0 Å². The van der Waals surface area contributed by atoms with Crippen LogP contribution in [0.4, 0.5) is 5.69 Å². The van der Waals surface area contributed by atoms with E-state index in [1.54, 1.807) is 30.0 Å². The van der Waals surface area contributed by atoms with Crippen molar-refractivity contribution < 1.29 is 14.5 Å². The van der Waals surface area contributed by atoms with Gasteiger partial charge in [0.1, 0.15) is 0 Å². The van der Waals surface area contributed by atoms with E-state index in [9.17, 15) is 19.7 Å². The second kappa shape index (κ2) is 5.95. The molecule has 1 unspecified atom stereocenters. The van der Waals surface area contributed by atoms with E-state index in [0.29, 0.717) is 17.7 Å². The number of para-hydroxylation sites is 1. The molecule has 6 nitrogen and oxygen atoms in total. The third-order valence-corrected chi connectivity index (χ3v) is 5.00. The number of ketones is 1. The van der Waals surface area contributed by atoms with E-state index < -0.39 is 16.7 Å². The van der Waals surface area contributed by atoms with E-state index in [1.165, 1.54) is 6.07 Å². The predicted octanol–water partition coefficient (Wildman–Crippen LogP) is 2.02. The third kappa shape index (κ3) is 3.14. The Hall–Kier alpha value is -1.73. The van der Waals surface area contributed by atoms with Gasteiger partial charge < -0.3 is 0 Å². The number of hydrogen-bond acceptors (Lipinski definition) is 6. The van der Waals surface area contributed by atoms with Gasteiger partial charge in [0.15, 0.2) is 6.29 Å². The van der Waals surface area contributed by atoms with Gasteiger partial charge in [-0.3, -0.25) is 24.6 Å².